The topological polar surface area (TPSA) is 43.7 Å². The molecular formula is C22H25F2NO2. The summed E-state index contributed by atoms with van der Waals surface area (Å²) in [4.78, 5) is 2.19. The Morgan fingerprint density at radius 3 is 2.33 bits per heavy atom. The van der Waals surface area contributed by atoms with Gasteiger partial charge in [0.15, 0.2) is 0 Å². The predicted octanol–water partition coefficient (Wildman–Crippen LogP) is 3.39. The fourth-order valence-electron chi connectivity index (χ4n) is 4.89. The molecule has 1 saturated heterocycles. The summed E-state index contributed by atoms with van der Waals surface area (Å²) in [7, 11) is 0. The molecule has 0 spiro atoms. The van der Waals surface area contributed by atoms with E-state index >= 15 is 0 Å². The average molecular weight is 373 g/mol. The van der Waals surface area contributed by atoms with Crippen LogP contribution in [0.5, 0.6) is 0 Å². The standard InChI is InChI=1S/C22H25F2NO2/c23-17-3-1-15(2-4-17)20-14-22(27,21-13-18(24)5-6-19(20)21)16-7-9-25(10-8-16)11-12-26/h1-6,13,16,20,26-27H,7-12,14H2. The first-order valence-electron chi connectivity index (χ1n) is 9.62. The number of likely N-dealkylation sites (tertiary alicyclic amines) is 1. The lowest BCUT2D eigenvalue weighted by Crippen LogP contribution is -2.43. The highest BCUT2D eigenvalue weighted by Crippen LogP contribution is 2.53. The Morgan fingerprint density at radius 1 is 1.00 bits per heavy atom. The smallest absolute Gasteiger partial charge is 0.123 e. The first-order chi connectivity index (χ1) is 13.0. The Balaban J connectivity index is 1.66. The van der Waals surface area contributed by atoms with Gasteiger partial charge in [-0.05, 0) is 79.2 Å². The predicted molar refractivity (Wildman–Crippen MR) is 99.4 cm³/mol. The van der Waals surface area contributed by atoms with Crippen molar-refractivity contribution in [2.75, 3.05) is 26.2 Å². The monoisotopic (exact) mass is 373 g/mol. The molecule has 0 saturated carbocycles. The summed E-state index contributed by atoms with van der Waals surface area (Å²) in [5.41, 5.74) is 1.47. The van der Waals surface area contributed by atoms with E-state index in [0.717, 1.165) is 37.1 Å². The van der Waals surface area contributed by atoms with Crippen molar-refractivity contribution in [3.63, 3.8) is 0 Å². The number of hydrogen-bond acceptors (Lipinski definition) is 3. The molecule has 144 valence electrons. The van der Waals surface area contributed by atoms with Crippen molar-refractivity contribution in [2.24, 2.45) is 5.92 Å². The summed E-state index contributed by atoms with van der Waals surface area (Å²) in [6.07, 6.45) is 2.10. The van der Waals surface area contributed by atoms with Gasteiger partial charge >= 0.3 is 0 Å². The SMILES string of the molecule is OCCN1CCC(C2(O)CC(c3ccc(F)cc3)c3ccc(F)cc32)CC1. The van der Waals surface area contributed by atoms with Gasteiger partial charge in [0, 0.05) is 12.5 Å². The van der Waals surface area contributed by atoms with Gasteiger partial charge < -0.3 is 15.1 Å². The van der Waals surface area contributed by atoms with Crippen LogP contribution in [0.1, 0.15) is 41.9 Å². The van der Waals surface area contributed by atoms with Gasteiger partial charge in [-0.2, -0.15) is 0 Å². The van der Waals surface area contributed by atoms with Crippen LogP contribution in [0.15, 0.2) is 42.5 Å². The Labute approximate surface area is 158 Å². The molecule has 1 aliphatic carbocycles. The highest BCUT2D eigenvalue weighted by atomic mass is 19.1. The number of β-amino-alcohol motifs (C(OH)–C–C–N with tert-alkyl or cyclic N) is 1. The molecule has 2 unspecified atom stereocenters. The van der Waals surface area contributed by atoms with Crippen molar-refractivity contribution in [1.29, 1.82) is 0 Å². The number of nitrogens with zero attached hydrogens (tertiary/aromatic N) is 1. The minimum Gasteiger partial charge on any atom is -0.395 e. The van der Waals surface area contributed by atoms with E-state index in [9.17, 15) is 13.9 Å². The second-order valence-corrected chi connectivity index (χ2v) is 7.80. The number of rotatable bonds is 4. The minimum absolute atomic E-state index is 0.0402. The molecule has 1 fully saturated rings. The van der Waals surface area contributed by atoms with Crippen LogP contribution < -0.4 is 0 Å². The van der Waals surface area contributed by atoms with Gasteiger partial charge in [0.1, 0.15) is 11.6 Å². The molecule has 3 nitrogen and oxygen atoms in total. The number of halogens is 2. The maximum Gasteiger partial charge on any atom is 0.123 e. The van der Waals surface area contributed by atoms with E-state index in [4.69, 9.17) is 5.11 Å². The largest absolute Gasteiger partial charge is 0.395 e. The number of fused-ring (bicyclic) bond motifs is 1. The number of aliphatic hydroxyl groups is 2. The fourth-order valence-corrected chi connectivity index (χ4v) is 4.89. The van der Waals surface area contributed by atoms with Crippen molar-refractivity contribution in [2.45, 2.75) is 30.8 Å². The van der Waals surface area contributed by atoms with Crippen LogP contribution in [-0.4, -0.2) is 41.4 Å². The zero-order valence-electron chi connectivity index (χ0n) is 15.2. The van der Waals surface area contributed by atoms with Gasteiger partial charge in [0.2, 0.25) is 0 Å². The lowest BCUT2D eigenvalue weighted by molar-refractivity contribution is -0.0501. The Kier molecular flexibility index (Phi) is 5.01. The molecule has 2 atom stereocenters. The summed E-state index contributed by atoms with van der Waals surface area (Å²) in [5, 5.41) is 20.8. The van der Waals surface area contributed by atoms with Crippen LogP contribution in [-0.2, 0) is 5.60 Å². The van der Waals surface area contributed by atoms with Crippen LogP contribution in [0.2, 0.25) is 0 Å². The highest BCUT2D eigenvalue weighted by molar-refractivity contribution is 5.47. The summed E-state index contributed by atoms with van der Waals surface area (Å²) in [6, 6.07) is 11.0. The quantitative estimate of drug-likeness (QED) is 0.863. The molecule has 1 aliphatic heterocycles. The van der Waals surface area contributed by atoms with Crippen LogP contribution in [0, 0.1) is 17.6 Å². The van der Waals surface area contributed by atoms with E-state index in [-0.39, 0.29) is 30.1 Å². The molecule has 2 aliphatic rings. The molecule has 0 aromatic heterocycles. The number of benzene rings is 2. The second-order valence-electron chi connectivity index (χ2n) is 7.80. The van der Waals surface area contributed by atoms with E-state index in [1.165, 1.54) is 24.3 Å². The molecule has 1 heterocycles. The molecular weight excluding hydrogens is 348 g/mol. The van der Waals surface area contributed by atoms with Gasteiger partial charge in [0.05, 0.1) is 12.2 Å². The van der Waals surface area contributed by atoms with Gasteiger partial charge in [-0.3, -0.25) is 0 Å². The van der Waals surface area contributed by atoms with Crippen molar-refractivity contribution in [3.05, 3.63) is 70.8 Å². The van der Waals surface area contributed by atoms with Crippen molar-refractivity contribution >= 4 is 0 Å². The molecule has 2 N–H and O–H groups in total. The average Bonchev–Trinajstić information content (AvgIpc) is 2.97. The van der Waals surface area contributed by atoms with Gasteiger partial charge in [-0.25, -0.2) is 8.78 Å². The Hall–Kier alpha value is -1.82. The van der Waals surface area contributed by atoms with Crippen molar-refractivity contribution in [3.8, 4) is 0 Å². The molecule has 0 bridgehead atoms. The number of piperidine rings is 1. The van der Waals surface area contributed by atoms with E-state index in [2.05, 4.69) is 4.90 Å². The summed E-state index contributed by atoms with van der Waals surface area (Å²) >= 11 is 0. The third-order valence-electron chi connectivity index (χ3n) is 6.32. The van der Waals surface area contributed by atoms with E-state index in [1.54, 1.807) is 18.2 Å². The maximum absolute atomic E-state index is 14.0. The molecule has 4 rings (SSSR count). The second kappa shape index (κ2) is 7.30. The van der Waals surface area contributed by atoms with Crippen LogP contribution >= 0.6 is 0 Å². The molecule has 2 aromatic carbocycles. The summed E-state index contributed by atoms with van der Waals surface area (Å²) < 4.78 is 27.4. The minimum atomic E-state index is -1.08. The maximum atomic E-state index is 14.0. The van der Waals surface area contributed by atoms with E-state index in [1.807, 2.05) is 0 Å². The summed E-state index contributed by atoms with van der Waals surface area (Å²) in [6.45, 7) is 2.42. The molecule has 5 heteroatoms. The van der Waals surface area contributed by atoms with Crippen molar-refractivity contribution < 1.29 is 19.0 Å². The summed E-state index contributed by atoms with van der Waals surface area (Å²) in [5.74, 6) is -0.660. The highest BCUT2D eigenvalue weighted by Gasteiger charge is 2.48. The number of aliphatic hydroxyl groups excluding tert-OH is 1. The fraction of sp³-hybridized carbons (Fsp3) is 0.455. The van der Waals surface area contributed by atoms with Gasteiger partial charge in [0.25, 0.3) is 0 Å². The normalized spacial score (nSPS) is 26.3. The van der Waals surface area contributed by atoms with Crippen molar-refractivity contribution in [1.82, 2.24) is 4.90 Å². The number of hydrogen-bond donors (Lipinski definition) is 2. The van der Waals surface area contributed by atoms with E-state index in [0.29, 0.717) is 18.5 Å². The van der Waals surface area contributed by atoms with Gasteiger partial charge in [-0.1, -0.05) is 18.2 Å². The lowest BCUT2D eigenvalue weighted by Gasteiger charge is -2.40. The molecule has 27 heavy (non-hydrogen) atoms. The van der Waals surface area contributed by atoms with E-state index < -0.39 is 5.60 Å². The third-order valence-corrected chi connectivity index (χ3v) is 6.32. The first kappa shape index (κ1) is 18.5. The molecule has 0 radical (unpaired) electrons. The van der Waals surface area contributed by atoms with Gasteiger partial charge in [-0.15, -0.1) is 0 Å². The lowest BCUT2D eigenvalue weighted by atomic mass is 9.76. The van der Waals surface area contributed by atoms with Crippen LogP contribution in [0.4, 0.5) is 8.78 Å². The Morgan fingerprint density at radius 2 is 1.67 bits per heavy atom. The third kappa shape index (κ3) is 3.40. The zero-order chi connectivity index (χ0) is 19.0. The van der Waals surface area contributed by atoms with Crippen LogP contribution in [0.25, 0.3) is 0 Å². The molecule has 2 aromatic rings. The zero-order valence-corrected chi connectivity index (χ0v) is 15.2. The van der Waals surface area contributed by atoms with Crippen LogP contribution in [0.3, 0.4) is 0 Å². The first-order valence-corrected chi connectivity index (χ1v) is 9.62. The molecule has 0 amide bonds. The Bertz CT molecular complexity index is 802.